The van der Waals surface area contributed by atoms with Gasteiger partial charge in [0.2, 0.25) is 0 Å². The van der Waals surface area contributed by atoms with E-state index in [9.17, 15) is 9.90 Å². The third kappa shape index (κ3) is 2.23. The van der Waals surface area contributed by atoms with E-state index in [1.54, 1.807) is 24.0 Å². The van der Waals surface area contributed by atoms with Crippen molar-refractivity contribution in [1.82, 2.24) is 4.90 Å². The van der Waals surface area contributed by atoms with Crippen molar-refractivity contribution in [3.05, 3.63) is 22.6 Å². The molecule has 0 aliphatic carbocycles. The fourth-order valence-corrected chi connectivity index (χ4v) is 2.01. The SMILES string of the molecule is CC1(O)CCN(C(=O)c2ccc(Br)o2)C1. The zero-order chi connectivity index (χ0) is 11.1. The van der Waals surface area contributed by atoms with E-state index in [0.717, 1.165) is 0 Å². The molecule has 2 rings (SSSR count). The fourth-order valence-electron chi connectivity index (χ4n) is 1.70. The second-order valence-corrected chi connectivity index (χ2v) is 4.86. The monoisotopic (exact) mass is 273 g/mol. The Hall–Kier alpha value is -0.810. The Bertz CT molecular complexity index is 386. The molecule has 1 fully saturated rings. The normalized spacial score (nSPS) is 25.9. The maximum absolute atomic E-state index is 11.8. The highest BCUT2D eigenvalue weighted by Crippen LogP contribution is 2.23. The first-order chi connectivity index (χ1) is 6.98. The minimum absolute atomic E-state index is 0.168. The van der Waals surface area contributed by atoms with Crippen molar-refractivity contribution in [2.45, 2.75) is 18.9 Å². The molecule has 1 aliphatic rings. The number of rotatable bonds is 1. The first kappa shape index (κ1) is 10.7. The number of carbonyl (C=O) groups is 1. The molecule has 15 heavy (non-hydrogen) atoms. The van der Waals surface area contributed by atoms with Crippen LogP contribution in [0, 0.1) is 0 Å². The molecule has 1 N–H and O–H groups in total. The maximum Gasteiger partial charge on any atom is 0.289 e. The van der Waals surface area contributed by atoms with Crippen molar-refractivity contribution in [1.29, 1.82) is 0 Å². The predicted molar refractivity (Wildman–Crippen MR) is 57.6 cm³/mol. The lowest BCUT2D eigenvalue weighted by atomic mass is 10.1. The van der Waals surface area contributed by atoms with Gasteiger partial charge in [0.1, 0.15) is 0 Å². The van der Waals surface area contributed by atoms with E-state index in [-0.39, 0.29) is 5.91 Å². The molecular weight excluding hydrogens is 262 g/mol. The minimum Gasteiger partial charge on any atom is -0.444 e. The smallest absolute Gasteiger partial charge is 0.289 e. The van der Waals surface area contributed by atoms with Crippen LogP contribution in [0.4, 0.5) is 0 Å². The summed E-state index contributed by atoms with van der Waals surface area (Å²) in [5.74, 6) is 0.137. The van der Waals surface area contributed by atoms with Crippen LogP contribution in [0.1, 0.15) is 23.9 Å². The molecule has 0 radical (unpaired) electrons. The zero-order valence-electron chi connectivity index (χ0n) is 8.36. The Labute approximate surface area is 96.0 Å². The number of β-amino-alcohol motifs (C(OH)–C–C–N with tert-alkyl or cyclic N) is 1. The van der Waals surface area contributed by atoms with Gasteiger partial charge in [-0.15, -0.1) is 0 Å². The van der Waals surface area contributed by atoms with Gasteiger partial charge in [0.15, 0.2) is 10.4 Å². The first-order valence-corrected chi connectivity index (χ1v) is 5.54. The lowest BCUT2D eigenvalue weighted by Gasteiger charge is -2.17. The number of hydrogen-bond acceptors (Lipinski definition) is 3. The van der Waals surface area contributed by atoms with Crippen LogP contribution in [0.5, 0.6) is 0 Å². The molecule has 0 bridgehead atoms. The summed E-state index contributed by atoms with van der Waals surface area (Å²) in [6.07, 6.45) is 0.612. The molecule has 4 nitrogen and oxygen atoms in total. The van der Waals surface area contributed by atoms with E-state index in [4.69, 9.17) is 4.42 Å². The average Bonchev–Trinajstić information content (AvgIpc) is 2.71. The number of hydrogen-bond donors (Lipinski definition) is 1. The Morgan fingerprint density at radius 1 is 1.67 bits per heavy atom. The molecule has 1 aromatic rings. The molecule has 2 heterocycles. The van der Waals surface area contributed by atoms with Crippen LogP contribution in [0.2, 0.25) is 0 Å². The number of aliphatic hydroxyl groups is 1. The standard InChI is InChI=1S/C10H12BrNO3/c1-10(14)4-5-12(6-10)9(13)7-2-3-8(11)15-7/h2-3,14H,4-6H2,1H3. The van der Waals surface area contributed by atoms with Gasteiger partial charge < -0.3 is 14.4 Å². The van der Waals surface area contributed by atoms with E-state index >= 15 is 0 Å². The molecule has 1 aliphatic heterocycles. The topological polar surface area (TPSA) is 53.7 Å². The average molecular weight is 274 g/mol. The van der Waals surface area contributed by atoms with E-state index in [2.05, 4.69) is 15.9 Å². The first-order valence-electron chi connectivity index (χ1n) is 4.75. The predicted octanol–water partition coefficient (Wildman–Crippen LogP) is 1.64. The third-order valence-corrected chi connectivity index (χ3v) is 2.95. The van der Waals surface area contributed by atoms with Gasteiger partial charge in [-0.2, -0.15) is 0 Å². The zero-order valence-corrected chi connectivity index (χ0v) is 9.95. The molecule has 82 valence electrons. The highest BCUT2D eigenvalue weighted by atomic mass is 79.9. The number of likely N-dealkylation sites (tertiary alicyclic amines) is 1. The molecule has 0 spiro atoms. The Kier molecular flexibility index (Phi) is 2.60. The fraction of sp³-hybridized carbons (Fsp3) is 0.500. The van der Waals surface area contributed by atoms with Crippen molar-refractivity contribution in [2.24, 2.45) is 0 Å². The summed E-state index contributed by atoms with van der Waals surface area (Å²) in [4.78, 5) is 13.5. The maximum atomic E-state index is 11.8. The van der Waals surface area contributed by atoms with Gasteiger partial charge in [0, 0.05) is 13.1 Å². The molecule has 1 aromatic heterocycles. The summed E-state index contributed by atoms with van der Waals surface area (Å²) in [5.41, 5.74) is -0.764. The van der Waals surface area contributed by atoms with Crippen molar-refractivity contribution >= 4 is 21.8 Å². The van der Waals surface area contributed by atoms with Gasteiger partial charge in [-0.1, -0.05) is 0 Å². The van der Waals surface area contributed by atoms with E-state index in [1.165, 1.54) is 0 Å². The second kappa shape index (κ2) is 3.64. The van der Waals surface area contributed by atoms with Gasteiger partial charge in [0.05, 0.1) is 5.60 Å². The van der Waals surface area contributed by atoms with E-state index in [0.29, 0.717) is 29.9 Å². The Balaban J connectivity index is 2.10. The lowest BCUT2D eigenvalue weighted by molar-refractivity contribution is 0.0554. The second-order valence-electron chi connectivity index (χ2n) is 4.08. The molecular formula is C10H12BrNO3. The van der Waals surface area contributed by atoms with Crippen LogP contribution < -0.4 is 0 Å². The summed E-state index contributed by atoms with van der Waals surface area (Å²) < 4.78 is 5.71. The van der Waals surface area contributed by atoms with Gasteiger partial charge in [-0.3, -0.25) is 4.79 Å². The van der Waals surface area contributed by atoms with Crippen LogP contribution in [-0.4, -0.2) is 34.6 Å². The van der Waals surface area contributed by atoms with Crippen LogP contribution >= 0.6 is 15.9 Å². The summed E-state index contributed by atoms with van der Waals surface area (Å²) >= 11 is 3.14. The van der Waals surface area contributed by atoms with Gasteiger partial charge in [-0.25, -0.2) is 0 Å². The van der Waals surface area contributed by atoms with Crippen molar-refractivity contribution in [3.63, 3.8) is 0 Å². The van der Waals surface area contributed by atoms with Gasteiger partial charge in [-0.05, 0) is 41.4 Å². The quantitative estimate of drug-likeness (QED) is 0.847. The number of carbonyl (C=O) groups excluding carboxylic acids is 1. The van der Waals surface area contributed by atoms with Gasteiger partial charge in [0.25, 0.3) is 5.91 Å². The highest BCUT2D eigenvalue weighted by molar-refractivity contribution is 9.10. The summed E-state index contributed by atoms with van der Waals surface area (Å²) in [5, 5.41) is 9.73. The van der Waals surface area contributed by atoms with Crippen LogP contribution in [0.25, 0.3) is 0 Å². The van der Waals surface area contributed by atoms with Crippen LogP contribution in [0.3, 0.4) is 0 Å². The number of amides is 1. The van der Waals surface area contributed by atoms with Crippen molar-refractivity contribution in [2.75, 3.05) is 13.1 Å². The minimum atomic E-state index is -0.764. The van der Waals surface area contributed by atoms with Crippen LogP contribution in [-0.2, 0) is 0 Å². The molecule has 5 heteroatoms. The molecule has 1 atom stereocenters. The van der Waals surface area contributed by atoms with E-state index in [1.807, 2.05) is 0 Å². The molecule has 1 saturated heterocycles. The molecule has 0 aromatic carbocycles. The largest absolute Gasteiger partial charge is 0.444 e. The Morgan fingerprint density at radius 3 is 2.87 bits per heavy atom. The molecule has 1 unspecified atom stereocenters. The number of halogens is 1. The summed E-state index contributed by atoms with van der Waals surface area (Å²) in [6.45, 7) is 2.67. The summed E-state index contributed by atoms with van der Waals surface area (Å²) in [6, 6.07) is 3.31. The van der Waals surface area contributed by atoms with Crippen LogP contribution in [0.15, 0.2) is 21.2 Å². The van der Waals surface area contributed by atoms with E-state index < -0.39 is 5.60 Å². The molecule has 0 saturated carbocycles. The number of furan rings is 1. The lowest BCUT2D eigenvalue weighted by Crippen LogP contribution is -2.33. The summed E-state index contributed by atoms with van der Waals surface area (Å²) in [7, 11) is 0. The highest BCUT2D eigenvalue weighted by Gasteiger charge is 2.35. The van der Waals surface area contributed by atoms with Crippen molar-refractivity contribution in [3.8, 4) is 0 Å². The Morgan fingerprint density at radius 2 is 2.40 bits per heavy atom. The third-order valence-electron chi connectivity index (χ3n) is 2.52. The van der Waals surface area contributed by atoms with Gasteiger partial charge >= 0.3 is 0 Å². The van der Waals surface area contributed by atoms with Crippen molar-refractivity contribution < 1.29 is 14.3 Å². The number of nitrogens with zero attached hydrogens (tertiary/aromatic N) is 1. The molecule has 1 amide bonds.